The van der Waals surface area contributed by atoms with Gasteiger partial charge in [0.05, 0.1) is 5.75 Å². The van der Waals surface area contributed by atoms with Crippen LogP contribution in [0.4, 0.5) is 0 Å². The van der Waals surface area contributed by atoms with Crippen LogP contribution in [0.15, 0.2) is 0 Å². The number of hydrogen-bond acceptors (Lipinski definition) is 3. The Morgan fingerprint density at radius 1 is 1.11 bits per heavy atom. The smallest absolute Gasteiger partial charge is 0.150 e. The fraction of sp³-hybridized carbons (Fsp3) is 1.00. The summed E-state index contributed by atoms with van der Waals surface area (Å²) in [6.07, 6.45) is 7.23. The van der Waals surface area contributed by atoms with E-state index in [1.165, 1.54) is 32.1 Å². The largest absolute Gasteiger partial charge is 0.314 e. The zero-order valence-corrected chi connectivity index (χ0v) is 13.6. The van der Waals surface area contributed by atoms with Crippen molar-refractivity contribution >= 4 is 9.84 Å². The molecular weight excluding hydrogens is 258 g/mol. The maximum absolute atomic E-state index is 11.7. The van der Waals surface area contributed by atoms with Crippen molar-refractivity contribution in [2.24, 2.45) is 11.8 Å². The van der Waals surface area contributed by atoms with E-state index in [1.807, 2.05) is 0 Å². The van der Waals surface area contributed by atoms with Gasteiger partial charge in [0.2, 0.25) is 0 Å². The summed E-state index contributed by atoms with van der Waals surface area (Å²) < 4.78 is 23.4. The Morgan fingerprint density at radius 2 is 1.74 bits per heavy atom. The molecule has 0 heterocycles. The third-order valence-electron chi connectivity index (χ3n) is 4.34. The van der Waals surface area contributed by atoms with Crippen LogP contribution in [0.2, 0.25) is 0 Å². The summed E-state index contributed by atoms with van der Waals surface area (Å²) in [5.41, 5.74) is 0. The molecule has 1 N–H and O–H groups in total. The van der Waals surface area contributed by atoms with E-state index in [0.29, 0.717) is 23.6 Å². The fourth-order valence-corrected chi connectivity index (χ4v) is 3.92. The topological polar surface area (TPSA) is 46.2 Å². The Bertz CT molecular complexity index is 338. The van der Waals surface area contributed by atoms with Crippen LogP contribution < -0.4 is 5.32 Å². The second-order valence-corrected chi connectivity index (χ2v) is 8.72. The number of rotatable bonds is 7. The first kappa shape index (κ1) is 17.0. The average Bonchev–Trinajstić information content (AvgIpc) is 2.59. The molecule has 4 heteroatoms. The van der Waals surface area contributed by atoms with E-state index in [-0.39, 0.29) is 5.75 Å². The van der Waals surface area contributed by atoms with Crippen LogP contribution in [0.3, 0.4) is 0 Å². The Morgan fingerprint density at radius 3 is 2.32 bits per heavy atom. The van der Waals surface area contributed by atoms with E-state index in [0.717, 1.165) is 13.0 Å². The highest BCUT2D eigenvalue weighted by molar-refractivity contribution is 7.91. The average molecular weight is 289 g/mol. The highest BCUT2D eigenvalue weighted by Gasteiger charge is 2.25. The third kappa shape index (κ3) is 6.75. The summed E-state index contributed by atoms with van der Waals surface area (Å²) in [6.45, 7) is 7.15. The van der Waals surface area contributed by atoms with Gasteiger partial charge in [-0.1, -0.05) is 46.5 Å². The summed E-state index contributed by atoms with van der Waals surface area (Å²) in [7, 11) is -2.81. The molecule has 1 rings (SSSR count). The van der Waals surface area contributed by atoms with Gasteiger partial charge in [0, 0.05) is 11.8 Å². The molecule has 0 spiro atoms. The highest BCUT2D eigenvalue weighted by Crippen LogP contribution is 2.31. The van der Waals surface area contributed by atoms with E-state index in [4.69, 9.17) is 0 Å². The van der Waals surface area contributed by atoms with E-state index >= 15 is 0 Å². The molecule has 0 aromatic carbocycles. The fourth-order valence-electron chi connectivity index (χ4n) is 2.97. The molecule has 0 aromatic rings. The Kier molecular flexibility index (Phi) is 7.37. The van der Waals surface area contributed by atoms with Gasteiger partial charge in [0.15, 0.2) is 0 Å². The Balaban J connectivity index is 2.53. The summed E-state index contributed by atoms with van der Waals surface area (Å²) in [6, 6.07) is 0.517. The Labute approximate surface area is 119 Å². The molecule has 0 aromatic heterocycles. The quantitative estimate of drug-likeness (QED) is 0.733. The zero-order valence-electron chi connectivity index (χ0n) is 12.8. The van der Waals surface area contributed by atoms with Crippen molar-refractivity contribution in [3.8, 4) is 0 Å². The van der Waals surface area contributed by atoms with E-state index in [9.17, 15) is 8.42 Å². The van der Waals surface area contributed by atoms with Gasteiger partial charge in [-0.05, 0) is 31.2 Å². The Hall–Kier alpha value is -0.0900. The molecule has 114 valence electrons. The molecule has 0 saturated heterocycles. The summed E-state index contributed by atoms with van der Waals surface area (Å²) in [4.78, 5) is 0. The van der Waals surface area contributed by atoms with Crippen molar-refractivity contribution in [1.82, 2.24) is 5.32 Å². The molecule has 2 unspecified atom stereocenters. The predicted octanol–water partition coefficient (Wildman–Crippen LogP) is 3.01. The van der Waals surface area contributed by atoms with Gasteiger partial charge >= 0.3 is 0 Å². The minimum Gasteiger partial charge on any atom is -0.314 e. The lowest BCUT2D eigenvalue weighted by Crippen LogP contribution is -2.33. The SMILES string of the molecule is CCS(=O)(=O)CCC1CCCCCC1CNC(C)C. The van der Waals surface area contributed by atoms with Crippen molar-refractivity contribution in [2.75, 3.05) is 18.1 Å². The van der Waals surface area contributed by atoms with Crippen LogP contribution >= 0.6 is 0 Å². The van der Waals surface area contributed by atoms with Crippen molar-refractivity contribution in [3.05, 3.63) is 0 Å². The normalized spacial score (nSPS) is 25.5. The van der Waals surface area contributed by atoms with Crippen molar-refractivity contribution in [2.45, 2.75) is 65.3 Å². The van der Waals surface area contributed by atoms with Crippen molar-refractivity contribution in [3.63, 3.8) is 0 Å². The molecule has 1 saturated carbocycles. The van der Waals surface area contributed by atoms with Crippen LogP contribution in [0.1, 0.15) is 59.3 Å². The molecule has 2 atom stereocenters. The first-order chi connectivity index (χ1) is 8.94. The van der Waals surface area contributed by atoms with E-state index in [2.05, 4.69) is 19.2 Å². The van der Waals surface area contributed by atoms with E-state index in [1.54, 1.807) is 6.92 Å². The lowest BCUT2D eigenvalue weighted by molar-refractivity contribution is 0.286. The van der Waals surface area contributed by atoms with Gasteiger partial charge in [-0.2, -0.15) is 0 Å². The summed E-state index contributed by atoms with van der Waals surface area (Å²) >= 11 is 0. The molecule has 1 fully saturated rings. The molecule has 0 amide bonds. The van der Waals surface area contributed by atoms with Gasteiger partial charge in [-0.3, -0.25) is 0 Å². The highest BCUT2D eigenvalue weighted by atomic mass is 32.2. The molecule has 0 radical (unpaired) electrons. The zero-order chi connectivity index (χ0) is 14.3. The third-order valence-corrected chi connectivity index (χ3v) is 6.08. The lowest BCUT2D eigenvalue weighted by Gasteiger charge is -2.26. The first-order valence-electron chi connectivity index (χ1n) is 7.88. The van der Waals surface area contributed by atoms with Gasteiger partial charge in [-0.25, -0.2) is 8.42 Å². The molecule has 1 aliphatic rings. The standard InChI is InChI=1S/C15H31NO2S/c1-4-19(17,18)11-10-14-8-6-5-7-9-15(14)12-16-13(2)3/h13-16H,4-12H2,1-3H3. The number of nitrogens with one attached hydrogen (secondary N) is 1. The van der Waals surface area contributed by atoms with Gasteiger partial charge in [-0.15, -0.1) is 0 Å². The van der Waals surface area contributed by atoms with Gasteiger partial charge < -0.3 is 5.32 Å². The van der Waals surface area contributed by atoms with Crippen LogP contribution in [0.25, 0.3) is 0 Å². The van der Waals surface area contributed by atoms with Crippen molar-refractivity contribution in [1.29, 1.82) is 0 Å². The minimum atomic E-state index is -2.81. The first-order valence-corrected chi connectivity index (χ1v) is 9.70. The predicted molar refractivity (Wildman–Crippen MR) is 82.1 cm³/mol. The second-order valence-electron chi connectivity index (χ2n) is 6.25. The van der Waals surface area contributed by atoms with Gasteiger partial charge in [0.1, 0.15) is 9.84 Å². The lowest BCUT2D eigenvalue weighted by atomic mass is 9.86. The van der Waals surface area contributed by atoms with Crippen LogP contribution in [-0.4, -0.2) is 32.5 Å². The van der Waals surface area contributed by atoms with Crippen LogP contribution in [0.5, 0.6) is 0 Å². The second kappa shape index (κ2) is 8.25. The number of sulfone groups is 1. The minimum absolute atomic E-state index is 0.286. The van der Waals surface area contributed by atoms with E-state index < -0.39 is 9.84 Å². The molecule has 3 nitrogen and oxygen atoms in total. The maximum Gasteiger partial charge on any atom is 0.150 e. The molecule has 0 bridgehead atoms. The van der Waals surface area contributed by atoms with Crippen LogP contribution in [0, 0.1) is 11.8 Å². The molecule has 1 aliphatic carbocycles. The molecule has 19 heavy (non-hydrogen) atoms. The van der Waals surface area contributed by atoms with Crippen molar-refractivity contribution < 1.29 is 8.42 Å². The molecular formula is C15H31NO2S. The van der Waals surface area contributed by atoms with Gasteiger partial charge in [0.25, 0.3) is 0 Å². The summed E-state index contributed by atoms with van der Waals surface area (Å²) in [5, 5.41) is 3.53. The summed E-state index contributed by atoms with van der Waals surface area (Å²) in [5.74, 6) is 1.92. The molecule has 0 aliphatic heterocycles. The monoisotopic (exact) mass is 289 g/mol. The maximum atomic E-state index is 11.7. The number of hydrogen-bond donors (Lipinski definition) is 1. The van der Waals surface area contributed by atoms with Crippen LogP contribution in [-0.2, 0) is 9.84 Å².